The van der Waals surface area contributed by atoms with Crippen LogP contribution in [0.3, 0.4) is 0 Å². The van der Waals surface area contributed by atoms with Gasteiger partial charge in [-0.3, -0.25) is 0 Å². The third-order valence-electron chi connectivity index (χ3n) is 3.57. The topological polar surface area (TPSA) is 107 Å². The van der Waals surface area contributed by atoms with E-state index in [1.807, 2.05) is 25.1 Å². The largest absolute Gasteiger partial charge is 0.494 e. The predicted octanol–water partition coefficient (Wildman–Crippen LogP) is 3.70. The van der Waals surface area contributed by atoms with Crippen molar-refractivity contribution in [2.45, 2.75) is 11.8 Å². The molecule has 2 aromatic heterocycles. The van der Waals surface area contributed by atoms with Gasteiger partial charge in [0.2, 0.25) is 10.0 Å². The Kier molecular flexibility index (Phi) is 4.27. The summed E-state index contributed by atoms with van der Waals surface area (Å²) in [7, 11) is -3.73. The molecule has 0 aliphatic carbocycles. The lowest BCUT2D eigenvalue weighted by atomic mass is 10.3. The average molecular weight is 407 g/mol. The maximum Gasteiger partial charge on any atom is 0.238 e. The molecule has 4 rings (SSSR count). The number of rotatable bonds is 5. The number of fused-ring (bicyclic) bond motifs is 2. The Morgan fingerprint density at radius 1 is 1.04 bits per heavy atom. The molecule has 0 unspecified atom stereocenters. The number of hydrogen-bond donors (Lipinski definition) is 2. The molecule has 0 amide bonds. The summed E-state index contributed by atoms with van der Waals surface area (Å²) < 4.78 is 30.2. The summed E-state index contributed by atoms with van der Waals surface area (Å²) in [5, 5.41) is 9.71. The van der Waals surface area contributed by atoms with E-state index in [2.05, 4.69) is 15.3 Å². The van der Waals surface area contributed by atoms with Crippen molar-refractivity contribution in [1.82, 2.24) is 9.97 Å². The van der Waals surface area contributed by atoms with Crippen LogP contribution in [0.4, 0.5) is 10.3 Å². The van der Waals surface area contributed by atoms with Gasteiger partial charge in [-0.25, -0.2) is 23.5 Å². The highest BCUT2D eigenvalue weighted by molar-refractivity contribution is 7.89. The van der Waals surface area contributed by atoms with Crippen molar-refractivity contribution in [3.8, 4) is 5.75 Å². The Morgan fingerprint density at radius 2 is 1.65 bits per heavy atom. The number of hydrogen-bond acceptors (Lipinski definition) is 8. The molecule has 4 aromatic rings. The van der Waals surface area contributed by atoms with Crippen LogP contribution in [-0.2, 0) is 10.0 Å². The summed E-state index contributed by atoms with van der Waals surface area (Å²) in [6.07, 6.45) is 0. The van der Waals surface area contributed by atoms with Crippen molar-refractivity contribution in [2.24, 2.45) is 5.14 Å². The average Bonchev–Trinajstić information content (AvgIpc) is 3.15. The number of nitrogens with one attached hydrogen (secondary N) is 1. The van der Waals surface area contributed by atoms with Gasteiger partial charge in [0.05, 0.1) is 31.9 Å². The van der Waals surface area contributed by atoms with Gasteiger partial charge in [-0.1, -0.05) is 22.7 Å². The molecular weight excluding hydrogens is 392 g/mol. The molecule has 134 valence electrons. The van der Waals surface area contributed by atoms with Gasteiger partial charge in [-0.2, -0.15) is 0 Å². The Labute approximate surface area is 157 Å². The quantitative estimate of drug-likeness (QED) is 0.523. The molecule has 0 aliphatic heterocycles. The Bertz CT molecular complexity index is 1210. The van der Waals surface area contributed by atoms with Crippen LogP contribution >= 0.6 is 22.7 Å². The first-order valence-electron chi connectivity index (χ1n) is 7.66. The predicted molar refractivity (Wildman–Crippen MR) is 105 cm³/mol. The number of sulfonamides is 1. The van der Waals surface area contributed by atoms with E-state index in [9.17, 15) is 8.42 Å². The fraction of sp³-hybridized carbons (Fsp3) is 0.125. The lowest BCUT2D eigenvalue weighted by molar-refractivity contribution is 0.341. The van der Waals surface area contributed by atoms with Crippen molar-refractivity contribution in [2.75, 3.05) is 11.9 Å². The van der Waals surface area contributed by atoms with Crippen LogP contribution in [0.1, 0.15) is 6.92 Å². The van der Waals surface area contributed by atoms with Gasteiger partial charge in [0.1, 0.15) is 5.75 Å². The summed E-state index contributed by atoms with van der Waals surface area (Å²) in [5.74, 6) is 0.811. The number of benzene rings is 2. The van der Waals surface area contributed by atoms with Crippen molar-refractivity contribution in [3.63, 3.8) is 0 Å². The summed E-state index contributed by atoms with van der Waals surface area (Å²) >= 11 is 2.84. The second-order valence-electron chi connectivity index (χ2n) is 5.40. The first kappa shape index (κ1) is 17.2. The van der Waals surface area contributed by atoms with Crippen molar-refractivity contribution >= 4 is 63.4 Å². The molecule has 10 heteroatoms. The third-order valence-corrected chi connectivity index (χ3v) is 6.35. The lowest BCUT2D eigenvalue weighted by Crippen LogP contribution is -2.11. The minimum absolute atomic E-state index is 0.0728. The Balaban J connectivity index is 1.65. The van der Waals surface area contributed by atoms with Gasteiger partial charge in [0.15, 0.2) is 10.3 Å². The normalized spacial score (nSPS) is 11.9. The number of nitrogens with zero attached hydrogens (tertiary/aromatic N) is 2. The molecule has 0 fully saturated rings. The van der Waals surface area contributed by atoms with E-state index in [-0.39, 0.29) is 4.90 Å². The molecule has 7 nitrogen and oxygen atoms in total. The maximum atomic E-state index is 11.5. The first-order chi connectivity index (χ1) is 12.4. The van der Waals surface area contributed by atoms with Crippen molar-refractivity contribution in [3.05, 3.63) is 36.4 Å². The van der Waals surface area contributed by atoms with Gasteiger partial charge in [-0.15, -0.1) is 0 Å². The van der Waals surface area contributed by atoms with Gasteiger partial charge >= 0.3 is 0 Å². The lowest BCUT2D eigenvalue weighted by Gasteiger charge is -2.00. The fourth-order valence-electron chi connectivity index (χ4n) is 2.44. The van der Waals surface area contributed by atoms with Gasteiger partial charge in [-0.05, 0) is 43.3 Å². The zero-order valence-electron chi connectivity index (χ0n) is 13.6. The SMILES string of the molecule is CCOc1ccc2nc(Nc3nc4ccc(S(N)(=O)=O)cc4s3)sc2c1. The number of ether oxygens (including phenoxy) is 1. The molecule has 26 heavy (non-hydrogen) atoms. The van der Waals surface area contributed by atoms with Crippen LogP contribution < -0.4 is 15.2 Å². The highest BCUT2D eigenvalue weighted by Crippen LogP contribution is 2.34. The molecular formula is C16H14N4O3S3. The molecule has 2 aromatic carbocycles. The molecule has 0 saturated heterocycles. The van der Waals surface area contributed by atoms with Gasteiger partial charge in [0.25, 0.3) is 0 Å². The van der Waals surface area contributed by atoms with Crippen LogP contribution in [0, 0.1) is 0 Å². The van der Waals surface area contributed by atoms with Crippen molar-refractivity contribution in [1.29, 1.82) is 0 Å². The van der Waals surface area contributed by atoms with E-state index in [0.29, 0.717) is 22.4 Å². The fourth-order valence-corrected chi connectivity index (χ4v) is 4.92. The number of primary sulfonamides is 1. The van der Waals surface area contributed by atoms with E-state index in [1.165, 1.54) is 34.8 Å². The third kappa shape index (κ3) is 3.36. The molecule has 0 bridgehead atoms. The minimum atomic E-state index is -3.73. The van der Waals surface area contributed by atoms with E-state index < -0.39 is 10.0 Å². The van der Waals surface area contributed by atoms with E-state index in [0.717, 1.165) is 20.7 Å². The standard InChI is InChI=1S/C16H14N4O3S3/c1-2-23-9-3-5-11-13(7-9)24-15(18-11)20-16-19-12-6-4-10(26(17,21)22)8-14(12)25-16/h3-8H,2H2,1H3,(H2,17,21,22)(H,18,19,20). The highest BCUT2D eigenvalue weighted by atomic mass is 32.2. The van der Waals surface area contributed by atoms with Crippen molar-refractivity contribution < 1.29 is 13.2 Å². The van der Waals surface area contributed by atoms with Crippen LogP contribution in [0.25, 0.3) is 20.4 Å². The number of aromatic nitrogens is 2. The Morgan fingerprint density at radius 3 is 2.27 bits per heavy atom. The molecule has 0 spiro atoms. The molecule has 0 atom stereocenters. The molecule has 2 heterocycles. The minimum Gasteiger partial charge on any atom is -0.494 e. The number of nitrogens with two attached hydrogens (primary N) is 1. The Hall–Kier alpha value is -2.27. The van der Waals surface area contributed by atoms with Crippen LogP contribution in [0.15, 0.2) is 41.3 Å². The van der Waals surface area contributed by atoms with Crippen LogP contribution in [0.5, 0.6) is 5.75 Å². The number of anilines is 2. The zero-order valence-corrected chi connectivity index (χ0v) is 16.0. The van der Waals surface area contributed by atoms with Crippen LogP contribution in [-0.4, -0.2) is 25.0 Å². The van der Waals surface area contributed by atoms with Gasteiger partial charge < -0.3 is 10.1 Å². The first-order valence-corrected chi connectivity index (χ1v) is 10.8. The smallest absolute Gasteiger partial charge is 0.238 e. The second kappa shape index (κ2) is 6.47. The van der Waals surface area contributed by atoms with E-state index in [1.54, 1.807) is 6.07 Å². The summed E-state index contributed by atoms with van der Waals surface area (Å²) in [6, 6.07) is 10.4. The molecule has 3 N–H and O–H groups in total. The van der Waals surface area contributed by atoms with E-state index >= 15 is 0 Å². The summed E-state index contributed by atoms with van der Waals surface area (Å²) in [6.45, 7) is 2.56. The molecule has 0 aliphatic rings. The van der Waals surface area contributed by atoms with Crippen LogP contribution in [0.2, 0.25) is 0 Å². The summed E-state index contributed by atoms with van der Waals surface area (Å²) in [5.41, 5.74) is 1.57. The number of thiazole rings is 2. The molecule has 0 saturated carbocycles. The zero-order chi connectivity index (χ0) is 18.3. The van der Waals surface area contributed by atoms with Gasteiger partial charge in [0, 0.05) is 0 Å². The maximum absolute atomic E-state index is 11.5. The monoisotopic (exact) mass is 406 g/mol. The highest BCUT2D eigenvalue weighted by Gasteiger charge is 2.12. The van der Waals surface area contributed by atoms with E-state index in [4.69, 9.17) is 9.88 Å². The summed E-state index contributed by atoms with van der Waals surface area (Å²) in [4.78, 5) is 9.07. The molecule has 0 radical (unpaired) electrons. The second-order valence-corrected chi connectivity index (χ2v) is 9.02.